The number of carbonyl (C=O) groups excluding carboxylic acids is 10. The van der Waals surface area contributed by atoms with E-state index in [2.05, 4.69) is 26.6 Å². The normalized spacial score (nSPS) is 28.8. The minimum Gasteiger partial charge on any atom is -0.508 e. The zero-order valence-corrected chi connectivity index (χ0v) is 63.3. The van der Waals surface area contributed by atoms with Crippen molar-refractivity contribution in [2.24, 2.45) is 47.2 Å². The highest BCUT2D eigenvalue weighted by Gasteiger charge is 2.51. The van der Waals surface area contributed by atoms with Crippen LogP contribution in [0.1, 0.15) is 164 Å². The molecule has 5 fully saturated rings. The monoisotopic (exact) mass is 1580 g/mol. The average Bonchev–Trinajstić information content (AvgIpc) is 0.761. The lowest BCUT2D eigenvalue weighted by molar-refractivity contribution is -0.271. The molecule has 5 aromatic carbocycles. The lowest BCUT2D eigenvalue weighted by atomic mass is 9.51. The Morgan fingerprint density at radius 2 is 1.29 bits per heavy atom. The van der Waals surface area contributed by atoms with Crippen LogP contribution in [-0.4, -0.2) is 173 Å². The molecule has 0 radical (unpaired) electrons. The number of aliphatic hydroxyl groups excluding tert-OH is 5. The molecule has 1 saturated heterocycles. The molecule has 594 valence electrons. The number of nitrogens with zero attached hydrogens (tertiary/aromatic N) is 1. The third-order valence-corrected chi connectivity index (χ3v) is 22.7. The summed E-state index contributed by atoms with van der Waals surface area (Å²) in [7, 11) is 1.30. The van der Waals surface area contributed by atoms with Crippen LogP contribution >= 0.6 is 23.2 Å². The molecule has 5 aromatic rings. The number of hydrogen-bond donors (Lipinski definition) is 14. The molecule has 4 aliphatic carbocycles. The van der Waals surface area contributed by atoms with E-state index in [9.17, 15) is 60.0 Å². The Morgan fingerprint density at radius 1 is 0.676 bits per heavy atom. The van der Waals surface area contributed by atoms with Gasteiger partial charge in [-0.05, 0) is 177 Å². The maximum Gasteiger partial charge on any atom is 0.410 e. The molecule has 4 saturated carbocycles. The minimum atomic E-state index is -2.19. The number of aromatic hydroxyl groups is 3. The van der Waals surface area contributed by atoms with Gasteiger partial charge in [-0.15, -0.1) is 0 Å². The van der Waals surface area contributed by atoms with Gasteiger partial charge in [0.15, 0.2) is 28.8 Å². The number of primary amides is 1. The molecule has 15 bridgehead atoms. The Kier molecular flexibility index (Phi) is 23.7. The molecular formula is C79H91Cl2N7O23. The van der Waals surface area contributed by atoms with Gasteiger partial charge >= 0.3 is 6.09 Å². The molecule has 15 N–H and O–H groups in total. The van der Waals surface area contributed by atoms with E-state index < -0.39 is 210 Å². The molecule has 5 unspecified atom stereocenters. The number of nitrogens with one attached hydrogen (secondary N) is 5. The molecule has 6 heterocycles. The fourth-order valence-corrected chi connectivity index (χ4v) is 17.3. The number of benzene rings is 5. The Morgan fingerprint density at radius 3 is 1.87 bits per heavy atom. The summed E-state index contributed by atoms with van der Waals surface area (Å²) in [4.78, 5) is 149. The van der Waals surface area contributed by atoms with Crippen LogP contribution < -0.4 is 46.5 Å². The van der Waals surface area contributed by atoms with Crippen molar-refractivity contribution in [2.45, 2.75) is 190 Å². The first-order chi connectivity index (χ1) is 52.4. The molecule has 0 aromatic heterocycles. The summed E-state index contributed by atoms with van der Waals surface area (Å²) in [5, 5.41) is 107. The summed E-state index contributed by atoms with van der Waals surface area (Å²) in [6, 6.07) is 5.45. The summed E-state index contributed by atoms with van der Waals surface area (Å²) < 4.78 is 31.4. The van der Waals surface area contributed by atoms with E-state index in [4.69, 9.17) is 52.6 Å². The molecule has 30 nitrogen and oxygen atoms in total. The number of hydrogen-bond acceptors (Lipinski definition) is 23. The second-order valence-corrected chi connectivity index (χ2v) is 32.5. The highest BCUT2D eigenvalue weighted by atomic mass is 35.5. The van der Waals surface area contributed by atoms with Crippen LogP contribution in [0, 0.1) is 41.4 Å². The van der Waals surface area contributed by atoms with Crippen LogP contribution in [0.25, 0.3) is 11.1 Å². The maximum absolute atomic E-state index is 16.4. The number of ketones is 3. The number of amides is 7. The highest BCUT2D eigenvalue weighted by molar-refractivity contribution is 6.32. The molecule has 0 spiro atoms. The quantitative estimate of drug-likeness (QED) is 0.0558. The van der Waals surface area contributed by atoms with Crippen molar-refractivity contribution < 1.29 is 112 Å². The van der Waals surface area contributed by atoms with Crippen LogP contribution in [0.5, 0.6) is 46.0 Å². The van der Waals surface area contributed by atoms with Crippen LogP contribution in [0.2, 0.25) is 10.0 Å². The van der Waals surface area contributed by atoms with Crippen LogP contribution in [0.3, 0.4) is 0 Å². The summed E-state index contributed by atoms with van der Waals surface area (Å²) >= 11 is 14.3. The highest BCUT2D eigenvalue weighted by Crippen LogP contribution is 2.58. The topological polar surface area (TPSA) is 468 Å². The first-order valence-electron chi connectivity index (χ1n) is 36.9. The van der Waals surface area contributed by atoms with Crippen molar-refractivity contribution in [1.82, 2.24) is 31.5 Å². The van der Waals surface area contributed by atoms with E-state index in [1.54, 1.807) is 34.6 Å². The van der Waals surface area contributed by atoms with Crippen LogP contribution in [0.4, 0.5) is 4.79 Å². The van der Waals surface area contributed by atoms with E-state index in [1.165, 1.54) is 50.4 Å². The predicted molar refractivity (Wildman–Crippen MR) is 395 cm³/mol. The van der Waals surface area contributed by atoms with Gasteiger partial charge in [-0.25, -0.2) is 4.79 Å². The van der Waals surface area contributed by atoms with E-state index >= 15 is 28.8 Å². The Bertz CT molecular complexity index is 4500. The predicted octanol–water partition coefficient (Wildman–Crippen LogP) is 6.58. The van der Waals surface area contributed by atoms with E-state index in [0.717, 1.165) is 79.5 Å². The molecule has 32 heteroatoms. The lowest BCUT2D eigenvalue weighted by Crippen LogP contribution is -2.61. The zero-order chi connectivity index (χ0) is 80.3. The number of Topliss-reactive ketones (excluding diaryl/α,β-unsaturated/α-hetero) is 3. The first kappa shape index (κ1) is 80.8. The van der Waals surface area contributed by atoms with E-state index in [1.807, 2.05) is 0 Å². The summed E-state index contributed by atoms with van der Waals surface area (Å²) in [5.74, 6) is -16.4. The van der Waals surface area contributed by atoms with Crippen molar-refractivity contribution in [3.05, 3.63) is 117 Å². The number of ether oxygens (including phenoxy) is 5. The standard InChI is InChI=1S/C79H91Cl2N7O23/c1-32(2)14-50(88(7)78(106)111-79(4,5)6)75(104)86-65-53(93)23-42(26-61(82)96)73(102)84-63-41-24-58(107-56-12-9-37(67(65)97)21-48(56)80)72(110-77-71(101)70(100)69(99)60(109-77)31-83-33(3)89)59(25-41)108-57-13-10-38(22-49(57)81)68(98)66-76(105)85-64(55(95)29-44-39-16-34-15-35(18-39)19-40(44)17-34)47-27-43(90)28-52(92)62(47)46-20-36(8-11-51(46)91)45(30-54(63)94)74(103)87-66/h8-13,20-22,24-25,27-28,32,34-35,39-40,42,44-45,50,60,63-71,77,90-92,97-101H,14-19,23,26,29-31H2,1-7H3,(H2,82,96)(H,83,89)(H,84,102)(H,85,105)(H,86,104)(H,87,103)/t34?,35?,39?,40?,42-,44?,45+,50+,60?,63+,64-,65-,66+,67+,68+,69?,70?,71?,77?/m0/s1. The number of phenolic OH excluding ortho intramolecular Hbond substituents is 3. The number of likely N-dealkylation sites (N-methyl/N-ethyl adjacent to an activating group) is 1. The fraction of sp³-hybridized carbons (Fsp3) is 0.494. The summed E-state index contributed by atoms with van der Waals surface area (Å²) in [6.45, 7) is 9.04. The molecule has 10 aliphatic rings. The van der Waals surface area contributed by atoms with E-state index in [0.29, 0.717) is 11.8 Å². The lowest BCUT2D eigenvalue weighted by Gasteiger charge is -2.54. The second-order valence-electron chi connectivity index (χ2n) is 31.7. The van der Waals surface area contributed by atoms with Gasteiger partial charge in [0.05, 0.1) is 21.9 Å². The first-order valence-corrected chi connectivity index (χ1v) is 37.7. The van der Waals surface area contributed by atoms with Crippen molar-refractivity contribution in [2.75, 3.05) is 13.6 Å². The summed E-state index contributed by atoms with van der Waals surface area (Å²) in [5.41, 5.74) is 3.17. The molecule has 15 rings (SSSR count). The van der Waals surface area contributed by atoms with Crippen LogP contribution in [-0.2, 0) is 52.6 Å². The fourth-order valence-electron chi connectivity index (χ4n) is 16.8. The van der Waals surface area contributed by atoms with Crippen molar-refractivity contribution in [3.8, 4) is 57.1 Å². The third kappa shape index (κ3) is 17.5. The maximum atomic E-state index is 16.4. The van der Waals surface area contributed by atoms with Gasteiger partial charge in [0.1, 0.15) is 101 Å². The van der Waals surface area contributed by atoms with Gasteiger partial charge in [0, 0.05) is 63.4 Å². The number of phenols is 3. The third-order valence-electron chi connectivity index (χ3n) is 22.1. The Balaban J connectivity index is 1.05. The van der Waals surface area contributed by atoms with Gasteiger partial charge in [0.2, 0.25) is 47.5 Å². The van der Waals surface area contributed by atoms with Crippen LogP contribution in [0.15, 0.2) is 78.9 Å². The van der Waals surface area contributed by atoms with Crippen molar-refractivity contribution in [1.29, 1.82) is 0 Å². The van der Waals surface area contributed by atoms with Crippen molar-refractivity contribution in [3.63, 3.8) is 0 Å². The smallest absolute Gasteiger partial charge is 0.410 e. The number of carbonyl (C=O) groups is 10. The number of nitrogens with two attached hydrogens (primary N) is 1. The largest absolute Gasteiger partial charge is 0.508 e. The van der Waals surface area contributed by atoms with Gasteiger partial charge in [-0.3, -0.25) is 48.1 Å². The van der Waals surface area contributed by atoms with Gasteiger partial charge in [-0.2, -0.15) is 0 Å². The Hall–Kier alpha value is -9.66. The second kappa shape index (κ2) is 32.6. The van der Waals surface area contributed by atoms with Crippen molar-refractivity contribution >= 4 is 82.1 Å². The van der Waals surface area contributed by atoms with E-state index in [-0.39, 0.29) is 97.0 Å². The molecule has 7 amide bonds. The number of halogens is 2. The average molecular weight is 1580 g/mol. The molecule has 6 aliphatic heterocycles. The van der Waals surface area contributed by atoms with Gasteiger partial charge < -0.3 is 96.9 Å². The molecular weight excluding hydrogens is 1490 g/mol. The van der Waals surface area contributed by atoms with Gasteiger partial charge in [-0.1, -0.05) is 55.2 Å². The van der Waals surface area contributed by atoms with Gasteiger partial charge in [0.25, 0.3) is 0 Å². The Labute approximate surface area is 647 Å². The number of rotatable bonds is 14. The number of aliphatic hydroxyl groups is 5. The summed E-state index contributed by atoms with van der Waals surface area (Å²) in [6.07, 6.45) is -13.2. The SMILES string of the molecule is CC(=O)NCC1OC(Oc2c3cc4cc2Oc2ccc(cc2Cl)[C@@H](O)[C@H]2NC(=O)[C@H](CC(=O)[C@@H]4NC(=O)[C@H](CC(N)=O)CC(=O)[C@H](NC(=O)[C@@H](CC(C)C)N(C)C(=O)OC(C)(C)C)[C@H](O)c4ccc(c(Cl)c4)O3)c3ccc(O)c(c3)-c3c(O)cc(O)cc3[C@@H](C(=O)CC3C4CC5CC(C4)CC3C5)NC2=O)C(O)C(O)C1O. The number of fused-ring (bicyclic) bond motifs is 15. The molecule has 111 heavy (non-hydrogen) atoms. The minimum absolute atomic E-state index is 0.0241. The zero-order valence-electron chi connectivity index (χ0n) is 61.8. The molecule has 14 atom stereocenters.